The molecule has 1 fully saturated rings. The summed E-state index contributed by atoms with van der Waals surface area (Å²) in [5.74, 6) is -0.588. The summed E-state index contributed by atoms with van der Waals surface area (Å²) in [6.45, 7) is 3.15. The first kappa shape index (κ1) is 12.6. The standard InChI is InChI=1S/C13H15BrFNO/c1-9-7-10(14)8-11(12(9)15)13(17)16-5-3-2-4-6-16/h7-8H,2-6H2,1H3. The van der Waals surface area contributed by atoms with Crippen LogP contribution in [0.2, 0.25) is 0 Å². The average Bonchev–Trinajstić information content (AvgIpc) is 2.34. The summed E-state index contributed by atoms with van der Waals surface area (Å²) in [6.07, 6.45) is 3.18. The highest BCUT2D eigenvalue weighted by molar-refractivity contribution is 9.10. The second kappa shape index (κ2) is 5.17. The maximum atomic E-state index is 13.9. The van der Waals surface area contributed by atoms with Gasteiger partial charge in [-0.1, -0.05) is 15.9 Å². The highest BCUT2D eigenvalue weighted by Gasteiger charge is 2.22. The fourth-order valence-corrected chi connectivity index (χ4v) is 2.72. The monoisotopic (exact) mass is 299 g/mol. The molecule has 1 aromatic carbocycles. The molecule has 0 saturated carbocycles. The van der Waals surface area contributed by atoms with Crippen molar-refractivity contribution in [2.75, 3.05) is 13.1 Å². The molecule has 17 heavy (non-hydrogen) atoms. The Hall–Kier alpha value is -0.900. The molecule has 0 spiro atoms. The first-order valence-electron chi connectivity index (χ1n) is 5.84. The molecular weight excluding hydrogens is 285 g/mol. The Morgan fingerprint density at radius 2 is 1.94 bits per heavy atom. The molecule has 2 rings (SSSR count). The molecule has 0 N–H and O–H groups in total. The third-order valence-electron chi connectivity index (χ3n) is 3.09. The van der Waals surface area contributed by atoms with Crippen LogP contribution in [-0.4, -0.2) is 23.9 Å². The fourth-order valence-electron chi connectivity index (χ4n) is 2.15. The van der Waals surface area contributed by atoms with Gasteiger partial charge in [-0.3, -0.25) is 4.79 Å². The third kappa shape index (κ3) is 2.68. The fraction of sp³-hybridized carbons (Fsp3) is 0.462. The van der Waals surface area contributed by atoms with Crippen LogP contribution in [0.3, 0.4) is 0 Å². The van der Waals surface area contributed by atoms with Crippen LogP contribution >= 0.6 is 15.9 Å². The van der Waals surface area contributed by atoms with E-state index in [9.17, 15) is 9.18 Å². The van der Waals surface area contributed by atoms with Crippen molar-refractivity contribution in [2.24, 2.45) is 0 Å². The van der Waals surface area contributed by atoms with Crippen LogP contribution in [0.5, 0.6) is 0 Å². The van der Waals surface area contributed by atoms with Gasteiger partial charge in [0, 0.05) is 17.6 Å². The molecule has 1 aliphatic heterocycles. The predicted molar refractivity (Wildman–Crippen MR) is 68.6 cm³/mol. The van der Waals surface area contributed by atoms with Gasteiger partial charge in [-0.05, 0) is 43.9 Å². The van der Waals surface area contributed by atoms with Crippen LogP contribution in [0.4, 0.5) is 4.39 Å². The lowest BCUT2D eigenvalue weighted by atomic mass is 10.1. The minimum absolute atomic E-state index is 0.179. The SMILES string of the molecule is Cc1cc(Br)cc(C(=O)N2CCCCC2)c1F. The van der Waals surface area contributed by atoms with Gasteiger partial charge in [0.05, 0.1) is 5.56 Å². The Morgan fingerprint density at radius 1 is 1.29 bits per heavy atom. The number of likely N-dealkylation sites (tertiary alicyclic amines) is 1. The molecule has 0 bridgehead atoms. The van der Waals surface area contributed by atoms with E-state index in [0.29, 0.717) is 5.56 Å². The van der Waals surface area contributed by atoms with Gasteiger partial charge in [-0.15, -0.1) is 0 Å². The van der Waals surface area contributed by atoms with Gasteiger partial charge >= 0.3 is 0 Å². The number of amides is 1. The van der Waals surface area contributed by atoms with Gasteiger partial charge in [-0.25, -0.2) is 4.39 Å². The van der Waals surface area contributed by atoms with E-state index >= 15 is 0 Å². The first-order valence-corrected chi connectivity index (χ1v) is 6.64. The van der Waals surface area contributed by atoms with Crippen molar-refractivity contribution in [2.45, 2.75) is 26.2 Å². The van der Waals surface area contributed by atoms with E-state index in [1.807, 2.05) is 0 Å². The van der Waals surface area contributed by atoms with Gasteiger partial charge in [0.25, 0.3) is 5.91 Å². The molecule has 4 heteroatoms. The number of carbonyl (C=O) groups is 1. The number of aryl methyl sites for hydroxylation is 1. The van der Waals surface area contributed by atoms with Gasteiger partial charge in [-0.2, -0.15) is 0 Å². The summed E-state index contributed by atoms with van der Waals surface area (Å²) in [7, 11) is 0. The van der Waals surface area contributed by atoms with Crippen molar-refractivity contribution in [1.29, 1.82) is 0 Å². The second-order valence-corrected chi connectivity index (χ2v) is 5.35. The van der Waals surface area contributed by atoms with Gasteiger partial charge in [0.15, 0.2) is 0 Å². The van der Waals surface area contributed by atoms with E-state index in [4.69, 9.17) is 0 Å². The lowest BCUT2D eigenvalue weighted by Crippen LogP contribution is -2.36. The summed E-state index contributed by atoms with van der Waals surface area (Å²) in [5.41, 5.74) is 0.679. The van der Waals surface area contributed by atoms with Crippen molar-refractivity contribution in [1.82, 2.24) is 4.90 Å². The Kier molecular flexibility index (Phi) is 3.82. The third-order valence-corrected chi connectivity index (χ3v) is 3.55. The van der Waals surface area contributed by atoms with Crippen LogP contribution in [0.15, 0.2) is 16.6 Å². The zero-order valence-corrected chi connectivity index (χ0v) is 11.4. The number of benzene rings is 1. The highest BCUT2D eigenvalue weighted by Crippen LogP contribution is 2.22. The van der Waals surface area contributed by atoms with Gasteiger partial charge in [0.1, 0.15) is 5.82 Å². The Labute approximate surface area is 109 Å². The van der Waals surface area contributed by atoms with Gasteiger partial charge < -0.3 is 4.90 Å². The van der Waals surface area contributed by atoms with Crippen LogP contribution < -0.4 is 0 Å². The molecular formula is C13H15BrFNO. The van der Waals surface area contributed by atoms with Crippen LogP contribution in [0, 0.1) is 12.7 Å². The second-order valence-electron chi connectivity index (χ2n) is 4.44. The van der Waals surface area contributed by atoms with Gasteiger partial charge in [0.2, 0.25) is 0 Å². The Bertz CT molecular complexity index is 441. The summed E-state index contributed by atoms with van der Waals surface area (Å²) in [5, 5.41) is 0. The summed E-state index contributed by atoms with van der Waals surface area (Å²) >= 11 is 3.30. The lowest BCUT2D eigenvalue weighted by Gasteiger charge is -2.27. The topological polar surface area (TPSA) is 20.3 Å². The minimum Gasteiger partial charge on any atom is -0.339 e. The zero-order chi connectivity index (χ0) is 12.4. The molecule has 1 amide bonds. The van der Waals surface area contributed by atoms with E-state index in [1.54, 1.807) is 24.0 Å². The molecule has 0 aromatic heterocycles. The molecule has 0 aliphatic carbocycles. The quantitative estimate of drug-likeness (QED) is 0.777. The number of carbonyl (C=O) groups excluding carboxylic acids is 1. The first-order chi connectivity index (χ1) is 8.09. The van der Waals surface area contributed by atoms with Crippen molar-refractivity contribution >= 4 is 21.8 Å². The molecule has 92 valence electrons. The van der Waals surface area contributed by atoms with Crippen LogP contribution in [0.25, 0.3) is 0 Å². The summed E-state index contributed by atoms with van der Waals surface area (Å²) in [6, 6.07) is 3.25. The van der Waals surface area contributed by atoms with Crippen molar-refractivity contribution in [3.05, 3.63) is 33.5 Å². The number of hydrogen-bond acceptors (Lipinski definition) is 1. The maximum absolute atomic E-state index is 13.9. The van der Waals surface area contributed by atoms with Crippen LogP contribution in [0.1, 0.15) is 35.2 Å². The van der Waals surface area contributed by atoms with Crippen LogP contribution in [-0.2, 0) is 0 Å². The number of piperidine rings is 1. The molecule has 1 heterocycles. The summed E-state index contributed by atoms with van der Waals surface area (Å²) < 4.78 is 14.7. The molecule has 2 nitrogen and oxygen atoms in total. The molecule has 1 aromatic rings. The van der Waals surface area contributed by atoms with E-state index in [0.717, 1.165) is 36.8 Å². The normalized spacial score (nSPS) is 16.1. The Morgan fingerprint density at radius 3 is 2.59 bits per heavy atom. The largest absolute Gasteiger partial charge is 0.339 e. The number of rotatable bonds is 1. The van der Waals surface area contributed by atoms with E-state index in [1.165, 1.54) is 0 Å². The number of nitrogens with zero attached hydrogens (tertiary/aromatic N) is 1. The molecule has 0 radical (unpaired) electrons. The lowest BCUT2D eigenvalue weighted by molar-refractivity contribution is 0.0719. The van der Waals surface area contributed by atoms with Crippen molar-refractivity contribution in [3.63, 3.8) is 0 Å². The molecule has 0 atom stereocenters. The summed E-state index contributed by atoms with van der Waals surface area (Å²) in [4.78, 5) is 13.9. The van der Waals surface area contributed by atoms with Crippen molar-refractivity contribution < 1.29 is 9.18 Å². The highest BCUT2D eigenvalue weighted by atomic mass is 79.9. The molecule has 1 saturated heterocycles. The maximum Gasteiger partial charge on any atom is 0.256 e. The average molecular weight is 300 g/mol. The predicted octanol–water partition coefficient (Wildman–Crippen LogP) is 3.52. The van der Waals surface area contributed by atoms with E-state index in [2.05, 4.69) is 15.9 Å². The number of hydrogen-bond donors (Lipinski definition) is 0. The minimum atomic E-state index is -0.399. The smallest absolute Gasteiger partial charge is 0.256 e. The molecule has 0 unspecified atom stereocenters. The van der Waals surface area contributed by atoms with E-state index in [-0.39, 0.29) is 11.5 Å². The molecule has 1 aliphatic rings. The Balaban J connectivity index is 2.29. The zero-order valence-electron chi connectivity index (χ0n) is 9.80. The van der Waals surface area contributed by atoms with E-state index < -0.39 is 5.82 Å². The number of halogens is 2. The van der Waals surface area contributed by atoms with Crippen molar-refractivity contribution in [3.8, 4) is 0 Å².